The second-order valence-electron chi connectivity index (χ2n) is 6.81. The molecule has 0 fully saturated rings. The third-order valence-electron chi connectivity index (χ3n) is 4.54. The van der Waals surface area contributed by atoms with Gasteiger partial charge in [0.1, 0.15) is 5.92 Å². The number of ether oxygens (including phenoxy) is 1. The highest BCUT2D eigenvalue weighted by Gasteiger charge is 2.45. The fourth-order valence-corrected chi connectivity index (χ4v) is 3.08. The van der Waals surface area contributed by atoms with Crippen molar-refractivity contribution in [3.63, 3.8) is 0 Å². The summed E-state index contributed by atoms with van der Waals surface area (Å²) in [5.74, 6) is -4.78. The van der Waals surface area contributed by atoms with Gasteiger partial charge in [0.05, 0.1) is 26.9 Å². The summed E-state index contributed by atoms with van der Waals surface area (Å²) >= 11 is 0. The molecule has 0 spiro atoms. The number of unbranched alkanes of at least 4 members (excludes halogenated alkanes) is 2. The second-order valence-corrected chi connectivity index (χ2v) is 6.81. The smallest absolute Gasteiger partial charge is 0.417 e. The van der Waals surface area contributed by atoms with Crippen LogP contribution in [0.1, 0.15) is 59.2 Å². The minimum atomic E-state index is -5.24. The fourth-order valence-electron chi connectivity index (χ4n) is 3.08. The van der Waals surface area contributed by atoms with Gasteiger partial charge in [-0.3, -0.25) is 9.59 Å². The van der Waals surface area contributed by atoms with Crippen LogP contribution in [-0.2, 0) is 26.4 Å². The van der Waals surface area contributed by atoms with E-state index in [-0.39, 0.29) is 12.2 Å². The van der Waals surface area contributed by atoms with Crippen LogP contribution in [0.2, 0.25) is 0 Å². The Morgan fingerprint density at radius 1 is 0.848 bits per heavy atom. The highest BCUT2D eigenvalue weighted by molar-refractivity contribution is 7.00. The van der Waals surface area contributed by atoms with Crippen LogP contribution in [0.5, 0.6) is 0 Å². The number of hydrogen-bond acceptors (Lipinski definition) is 4. The largest absolute Gasteiger partial charge is 0.465 e. The van der Waals surface area contributed by atoms with Gasteiger partial charge >= 0.3 is 18.3 Å². The van der Waals surface area contributed by atoms with E-state index in [1.807, 2.05) is 6.92 Å². The number of alkyl halides is 6. The van der Waals surface area contributed by atoms with Crippen molar-refractivity contribution in [3.8, 4) is 0 Å². The summed E-state index contributed by atoms with van der Waals surface area (Å²) in [7, 11) is 0.611. The van der Waals surface area contributed by atoms with Gasteiger partial charge in [0.25, 0.3) is 0 Å². The molecule has 2 atom stereocenters. The average Bonchev–Trinajstić information content (AvgIpc) is 2.77. The van der Waals surface area contributed by atoms with E-state index < -0.39 is 46.7 Å². The van der Waals surface area contributed by atoms with Crippen LogP contribution in [0.15, 0.2) is 48.5 Å². The Hall–Kier alpha value is -2.61. The molecular weight excluding hydrogens is 473 g/mol. The number of ketones is 1. The van der Waals surface area contributed by atoms with Crippen LogP contribution < -0.4 is 0 Å². The molecule has 11 heteroatoms. The number of carbonyl (C=O) groups is 2. The van der Waals surface area contributed by atoms with Crippen LogP contribution in [0.4, 0.5) is 26.3 Å². The van der Waals surface area contributed by atoms with E-state index in [9.17, 15) is 35.9 Å². The minimum Gasteiger partial charge on any atom is -0.465 e. The van der Waals surface area contributed by atoms with E-state index in [0.29, 0.717) is 40.2 Å². The van der Waals surface area contributed by atoms with Crippen molar-refractivity contribution >= 4 is 20.9 Å². The topological polar surface area (TPSA) is 60.4 Å². The molecule has 0 N–H and O–H groups in total. The van der Waals surface area contributed by atoms with Crippen LogP contribution in [0, 0.1) is 0 Å². The zero-order valence-corrected chi connectivity index (χ0v) is 19.0. The maximum absolute atomic E-state index is 13.5. The van der Waals surface area contributed by atoms with E-state index in [1.54, 1.807) is 0 Å². The van der Waals surface area contributed by atoms with Crippen molar-refractivity contribution in [2.45, 2.75) is 44.5 Å². The number of halogens is 6. The molecule has 0 aliphatic heterocycles. The molecule has 0 heterocycles. The predicted octanol–water partition coefficient (Wildman–Crippen LogP) is 6.36. The van der Waals surface area contributed by atoms with Gasteiger partial charge in [0.15, 0.2) is 5.78 Å². The molecule has 0 aromatic heterocycles. The number of carbonyl (C=O) groups excluding carboxylic acids is 2. The van der Waals surface area contributed by atoms with Gasteiger partial charge in [0, 0.05) is 5.56 Å². The summed E-state index contributed by atoms with van der Waals surface area (Å²) < 4.78 is 94.3. The summed E-state index contributed by atoms with van der Waals surface area (Å²) in [6.07, 6.45) is -8.53. The summed E-state index contributed by atoms with van der Waals surface area (Å²) in [5.41, 5.74) is -5.17. The van der Waals surface area contributed by atoms with Crippen LogP contribution in [-0.4, -0.2) is 18.4 Å². The molecule has 0 radical (unpaired) electrons. The molecule has 2 unspecified atom stereocenters. The normalized spacial score (nSPS) is 12.5. The zero-order chi connectivity index (χ0) is 25.2. The first kappa shape index (κ1) is 28.4. The highest BCUT2D eigenvalue weighted by atomic mass is 31.0. The third-order valence-corrected chi connectivity index (χ3v) is 4.54. The Bertz CT molecular complexity index is 896. The first-order valence-electron chi connectivity index (χ1n) is 9.80. The summed E-state index contributed by atoms with van der Waals surface area (Å²) in [6.45, 7) is 1.79. The van der Waals surface area contributed by atoms with E-state index >= 15 is 0 Å². The van der Waals surface area contributed by atoms with Crippen molar-refractivity contribution in [2.24, 2.45) is 0 Å². The third kappa shape index (κ3) is 7.74. The van der Waals surface area contributed by atoms with Crippen molar-refractivity contribution in [2.75, 3.05) is 6.61 Å². The molecule has 0 aliphatic carbocycles. The van der Waals surface area contributed by atoms with Gasteiger partial charge in [-0.2, -0.15) is 26.3 Å². The average molecular weight is 496 g/mol. The molecule has 0 saturated heterocycles. The highest BCUT2D eigenvalue weighted by Crippen LogP contribution is 2.41. The maximum Gasteiger partial charge on any atom is 0.417 e. The second kappa shape index (κ2) is 12.6. The van der Waals surface area contributed by atoms with Crippen molar-refractivity contribution < 1.29 is 45.2 Å². The molecule has 0 amide bonds. The molecule has 2 aromatic carbocycles. The molecule has 0 aliphatic rings. The molecule has 182 valence electrons. The number of hydrogen-bond donors (Lipinski definition) is 0. The lowest BCUT2D eigenvalue weighted by Crippen LogP contribution is -2.29. The van der Waals surface area contributed by atoms with Crippen LogP contribution >= 0.6 is 9.12 Å². The Morgan fingerprint density at radius 2 is 1.36 bits per heavy atom. The van der Waals surface area contributed by atoms with Crippen molar-refractivity contribution in [3.05, 3.63) is 70.8 Å². The van der Waals surface area contributed by atoms with E-state index in [1.165, 1.54) is 30.3 Å². The Labute approximate surface area is 188 Å². The van der Waals surface area contributed by atoms with Gasteiger partial charge in [0.2, 0.25) is 0 Å². The lowest BCUT2D eigenvalue weighted by Gasteiger charge is -2.21. The number of benzene rings is 2. The molecule has 2 rings (SSSR count). The maximum atomic E-state index is 13.5. The lowest BCUT2D eigenvalue weighted by molar-refractivity contribution is -0.146. The molecule has 33 heavy (non-hydrogen) atoms. The molecule has 0 saturated carbocycles. The monoisotopic (exact) mass is 496 g/mol. The first-order valence-corrected chi connectivity index (χ1v) is 10.4. The van der Waals surface area contributed by atoms with Crippen LogP contribution in [0.3, 0.4) is 0 Å². The number of esters is 1. The zero-order valence-electron chi connectivity index (χ0n) is 17.6. The van der Waals surface area contributed by atoms with E-state index in [4.69, 9.17) is 9.30 Å². The molecule has 4 nitrogen and oxygen atoms in total. The lowest BCUT2D eigenvalue weighted by atomic mass is 9.85. The van der Waals surface area contributed by atoms with Gasteiger partial charge in [-0.05, 0) is 24.1 Å². The fraction of sp³-hybridized carbons (Fsp3) is 0.364. The molecule has 0 bridgehead atoms. The van der Waals surface area contributed by atoms with Gasteiger partial charge in [-0.15, -0.1) is 0 Å². The van der Waals surface area contributed by atoms with Crippen molar-refractivity contribution in [1.29, 1.82) is 0 Å². The summed E-state index contributed by atoms with van der Waals surface area (Å²) in [5, 5.41) is 0. The van der Waals surface area contributed by atoms with Gasteiger partial charge < -0.3 is 9.30 Å². The Morgan fingerprint density at radius 3 is 1.82 bits per heavy atom. The van der Waals surface area contributed by atoms with Crippen LogP contribution in [0.25, 0.3) is 0 Å². The Balaban J connectivity index is 0.00000265. The SMILES string of the molecule is CCCCCOC(=O)C(C(=O)c1c(C(F)(F)F)cccc1C(F)(F)F)c1ccccc1.O=[PH3]. The summed E-state index contributed by atoms with van der Waals surface area (Å²) in [6, 6.07) is 8.26. The van der Waals surface area contributed by atoms with Gasteiger partial charge in [-0.1, -0.05) is 56.2 Å². The predicted molar refractivity (Wildman–Crippen MR) is 112 cm³/mol. The summed E-state index contributed by atoms with van der Waals surface area (Å²) in [4.78, 5) is 25.7. The molecule has 2 aromatic rings. The number of Topliss-reactive ketones (excluding diaryl/α,β-unsaturated/α-hetero) is 1. The quantitative estimate of drug-likeness (QED) is 0.107. The standard InChI is InChI=1S/C22H20F6O3.H3OP/c1-2-3-7-13-31-20(30)17(14-9-5-4-6-10-14)19(29)18-15(21(23,24)25)11-8-12-16(18)22(26,27)28;1-2/h4-6,8-12,17H,2-3,7,13H2,1H3;2H3. The van der Waals surface area contributed by atoms with Gasteiger partial charge in [-0.25, -0.2) is 0 Å². The first-order chi connectivity index (χ1) is 15.5. The van der Waals surface area contributed by atoms with E-state index in [0.717, 1.165) is 6.42 Å². The van der Waals surface area contributed by atoms with Crippen molar-refractivity contribution in [1.82, 2.24) is 0 Å². The minimum absolute atomic E-state index is 0.0573. The molecular formula is C22H23F6O4P. The Kier molecular flexibility index (Phi) is 10.8. The number of rotatable bonds is 8. The van der Waals surface area contributed by atoms with E-state index in [2.05, 4.69) is 0 Å².